The maximum absolute atomic E-state index is 13.0. The highest BCUT2D eigenvalue weighted by Gasteiger charge is 2.21. The second-order valence-corrected chi connectivity index (χ2v) is 8.47. The SMILES string of the molecule is CCN(CC)CCOC(=O)C=CC(=O)Nc1ccc2c(=O)n3c(nc2c1)C(=Cc1ccccc1)CC3. The van der Waals surface area contributed by atoms with Crippen LogP contribution in [0, 0.1) is 0 Å². The number of likely N-dealkylation sites (N-methyl/N-ethyl adjacent to an activating group) is 1. The van der Waals surface area contributed by atoms with Gasteiger partial charge in [-0.15, -0.1) is 0 Å². The molecule has 0 radical (unpaired) electrons. The second kappa shape index (κ2) is 11.6. The van der Waals surface area contributed by atoms with E-state index in [0.29, 0.717) is 35.5 Å². The van der Waals surface area contributed by atoms with Crippen molar-refractivity contribution in [3.05, 3.63) is 82.4 Å². The molecule has 0 atom stereocenters. The van der Waals surface area contributed by atoms with Crippen LogP contribution in [0.5, 0.6) is 0 Å². The van der Waals surface area contributed by atoms with E-state index in [9.17, 15) is 14.4 Å². The molecule has 36 heavy (non-hydrogen) atoms. The summed E-state index contributed by atoms with van der Waals surface area (Å²) in [5.74, 6) is -0.399. The van der Waals surface area contributed by atoms with Crippen molar-refractivity contribution in [2.75, 3.05) is 31.6 Å². The van der Waals surface area contributed by atoms with Crippen LogP contribution in [0.25, 0.3) is 22.6 Å². The summed E-state index contributed by atoms with van der Waals surface area (Å²) >= 11 is 0. The van der Waals surface area contributed by atoms with Crippen LogP contribution in [0.1, 0.15) is 31.7 Å². The number of hydrogen-bond acceptors (Lipinski definition) is 6. The van der Waals surface area contributed by atoms with Crippen LogP contribution in [0.4, 0.5) is 5.69 Å². The third kappa shape index (κ3) is 5.95. The number of hydrogen-bond donors (Lipinski definition) is 1. The van der Waals surface area contributed by atoms with Gasteiger partial charge in [0.2, 0.25) is 5.91 Å². The summed E-state index contributed by atoms with van der Waals surface area (Å²) in [4.78, 5) is 44.1. The van der Waals surface area contributed by atoms with Gasteiger partial charge < -0.3 is 15.0 Å². The number of carbonyl (C=O) groups is 2. The fourth-order valence-electron chi connectivity index (χ4n) is 4.17. The first-order chi connectivity index (χ1) is 17.5. The first-order valence-corrected chi connectivity index (χ1v) is 12.2. The molecule has 1 N–H and O–H groups in total. The van der Waals surface area contributed by atoms with Gasteiger partial charge in [-0.25, -0.2) is 9.78 Å². The smallest absolute Gasteiger partial charge is 0.330 e. The van der Waals surface area contributed by atoms with Gasteiger partial charge in [-0.3, -0.25) is 14.2 Å². The molecule has 1 aliphatic rings. The van der Waals surface area contributed by atoms with E-state index in [4.69, 9.17) is 9.72 Å². The van der Waals surface area contributed by atoms with Gasteiger partial charge in [-0.2, -0.15) is 0 Å². The fraction of sp³-hybridized carbons (Fsp3) is 0.286. The molecule has 1 amide bonds. The Hall–Kier alpha value is -4.04. The highest BCUT2D eigenvalue weighted by molar-refractivity contribution is 6.03. The molecule has 0 bridgehead atoms. The molecule has 1 aromatic heterocycles. The van der Waals surface area contributed by atoms with Gasteiger partial charge in [0.15, 0.2) is 0 Å². The summed E-state index contributed by atoms with van der Waals surface area (Å²) in [5, 5.41) is 3.21. The number of nitrogens with one attached hydrogen (secondary N) is 1. The van der Waals surface area contributed by atoms with Crippen molar-refractivity contribution < 1.29 is 14.3 Å². The minimum absolute atomic E-state index is 0.100. The number of esters is 1. The summed E-state index contributed by atoms with van der Waals surface area (Å²) in [7, 11) is 0. The number of allylic oxidation sites excluding steroid dienone is 1. The molecule has 0 fully saturated rings. The highest BCUT2D eigenvalue weighted by atomic mass is 16.5. The third-order valence-corrected chi connectivity index (χ3v) is 6.17. The van der Waals surface area contributed by atoms with Gasteiger partial charge >= 0.3 is 5.97 Å². The minimum atomic E-state index is -0.571. The van der Waals surface area contributed by atoms with Crippen molar-refractivity contribution in [2.24, 2.45) is 0 Å². The van der Waals surface area contributed by atoms with Crippen LogP contribution >= 0.6 is 0 Å². The van der Waals surface area contributed by atoms with E-state index in [-0.39, 0.29) is 12.2 Å². The number of carbonyl (C=O) groups excluding carboxylic acids is 2. The maximum Gasteiger partial charge on any atom is 0.330 e. The zero-order chi connectivity index (χ0) is 25.5. The molecule has 4 rings (SSSR count). The van der Waals surface area contributed by atoms with Crippen molar-refractivity contribution in [2.45, 2.75) is 26.8 Å². The molecule has 3 aromatic rings. The predicted molar refractivity (Wildman–Crippen MR) is 141 cm³/mol. The molecule has 0 aliphatic carbocycles. The fourth-order valence-corrected chi connectivity index (χ4v) is 4.17. The first kappa shape index (κ1) is 25.1. The molecule has 8 nitrogen and oxygen atoms in total. The average molecular weight is 487 g/mol. The molecular formula is C28H30N4O4. The van der Waals surface area contributed by atoms with E-state index in [0.717, 1.165) is 42.8 Å². The van der Waals surface area contributed by atoms with E-state index in [1.54, 1.807) is 22.8 Å². The molecule has 0 saturated heterocycles. The molecule has 0 spiro atoms. The van der Waals surface area contributed by atoms with Crippen molar-refractivity contribution in [3.63, 3.8) is 0 Å². The standard InChI is InChI=1S/C28H30N4O4/c1-3-31(4-2)16-17-36-26(34)13-12-25(33)29-22-10-11-23-24(19-22)30-27-21(14-15-32(27)28(23)35)18-20-8-6-5-7-9-20/h5-13,18-19H,3-4,14-17H2,1-2H3,(H,29,33). The molecule has 1 aliphatic heterocycles. The van der Waals surface area contributed by atoms with Gasteiger partial charge in [0.25, 0.3) is 5.56 Å². The Bertz CT molecular complexity index is 1370. The van der Waals surface area contributed by atoms with Crippen molar-refractivity contribution in [1.29, 1.82) is 0 Å². The highest BCUT2D eigenvalue weighted by Crippen LogP contribution is 2.28. The lowest BCUT2D eigenvalue weighted by Crippen LogP contribution is -2.27. The second-order valence-electron chi connectivity index (χ2n) is 8.47. The Morgan fingerprint density at radius 1 is 1.11 bits per heavy atom. The van der Waals surface area contributed by atoms with E-state index in [2.05, 4.69) is 16.3 Å². The summed E-state index contributed by atoms with van der Waals surface area (Å²) in [5.41, 5.74) is 2.93. The summed E-state index contributed by atoms with van der Waals surface area (Å²) in [6, 6.07) is 14.9. The summed E-state index contributed by atoms with van der Waals surface area (Å²) < 4.78 is 6.84. The lowest BCUT2D eigenvalue weighted by molar-refractivity contribution is -0.138. The monoisotopic (exact) mass is 486 g/mol. The van der Waals surface area contributed by atoms with Gasteiger partial charge in [0, 0.05) is 30.9 Å². The van der Waals surface area contributed by atoms with Crippen LogP contribution in [0.2, 0.25) is 0 Å². The Balaban J connectivity index is 1.46. The Morgan fingerprint density at radius 3 is 2.64 bits per heavy atom. The Kier molecular flexibility index (Phi) is 8.07. The van der Waals surface area contributed by atoms with Gasteiger partial charge in [-0.1, -0.05) is 44.2 Å². The molecule has 8 heteroatoms. The van der Waals surface area contributed by atoms with Crippen LogP contribution in [0.3, 0.4) is 0 Å². The van der Waals surface area contributed by atoms with Crippen molar-refractivity contribution in [1.82, 2.24) is 14.5 Å². The largest absolute Gasteiger partial charge is 0.461 e. The van der Waals surface area contributed by atoms with E-state index < -0.39 is 11.9 Å². The molecule has 186 valence electrons. The summed E-state index contributed by atoms with van der Waals surface area (Å²) in [6.07, 6.45) is 5.02. The summed E-state index contributed by atoms with van der Waals surface area (Å²) in [6.45, 7) is 7.35. The number of rotatable bonds is 9. The van der Waals surface area contributed by atoms with Gasteiger partial charge in [-0.05, 0) is 54.9 Å². The Morgan fingerprint density at radius 2 is 1.89 bits per heavy atom. The number of ether oxygens (including phenoxy) is 1. The predicted octanol–water partition coefficient (Wildman–Crippen LogP) is 3.72. The van der Waals surface area contributed by atoms with Crippen LogP contribution < -0.4 is 10.9 Å². The number of aromatic nitrogens is 2. The number of amides is 1. The Labute approximate surface area is 209 Å². The third-order valence-electron chi connectivity index (χ3n) is 6.17. The lowest BCUT2D eigenvalue weighted by atomic mass is 10.1. The van der Waals surface area contributed by atoms with Crippen LogP contribution in [0.15, 0.2) is 65.5 Å². The van der Waals surface area contributed by atoms with Gasteiger partial charge in [0.1, 0.15) is 12.4 Å². The normalized spacial score (nSPS) is 14.0. The zero-order valence-electron chi connectivity index (χ0n) is 20.6. The van der Waals surface area contributed by atoms with Gasteiger partial charge in [0.05, 0.1) is 10.9 Å². The van der Waals surface area contributed by atoms with E-state index in [1.165, 1.54) is 0 Å². The lowest BCUT2D eigenvalue weighted by Gasteiger charge is -2.16. The topological polar surface area (TPSA) is 93.5 Å². The average Bonchev–Trinajstić information content (AvgIpc) is 3.28. The maximum atomic E-state index is 13.0. The quantitative estimate of drug-likeness (QED) is 0.366. The number of anilines is 1. The van der Waals surface area contributed by atoms with E-state index in [1.807, 2.05) is 44.2 Å². The van der Waals surface area contributed by atoms with Crippen LogP contribution in [-0.4, -0.2) is 52.6 Å². The number of benzene rings is 2. The molecular weight excluding hydrogens is 456 g/mol. The van der Waals surface area contributed by atoms with Crippen molar-refractivity contribution in [3.8, 4) is 0 Å². The van der Waals surface area contributed by atoms with Crippen molar-refractivity contribution >= 4 is 40.1 Å². The molecule has 2 heterocycles. The van der Waals surface area contributed by atoms with E-state index >= 15 is 0 Å². The molecule has 2 aromatic carbocycles. The number of nitrogens with zero attached hydrogens (tertiary/aromatic N) is 3. The zero-order valence-corrected chi connectivity index (χ0v) is 20.6. The molecule has 0 unspecified atom stereocenters. The van der Waals surface area contributed by atoms with Crippen LogP contribution in [-0.2, 0) is 20.9 Å². The minimum Gasteiger partial charge on any atom is -0.461 e. The number of fused-ring (bicyclic) bond motifs is 2. The first-order valence-electron chi connectivity index (χ1n) is 12.2. The molecule has 0 saturated carbocycles.